The summed E-state index contributed by atoms with van der Waals surface area (Å²) in [6.07, 6.45) is 0. The molecule has 1 N–H and O–H groups in total. The van der Waals surface area contributed by atoms with Gasteiger partial charge in [-0.2, -0.15) is 0 Å². The first-order valence-electron chi connectivity index (χ1n) is 5.85. The second kappa shape index (κ2) is 4.76. The summed E-state index contributed by atoms with van der Waals surface area (Å²) >= 11 is 0. The van der Waals surface area contributed by atoms with Gasteiger partial charge in [0, 0.05) is 5.56 Å². The Bertz CT molecular complexity index is 490. The van der Waals surface area contributed by atoms with Crippen molar-refractivity contribution in [3.05, 3.63) is 35.6 Å². The maximum Gasteiger partial charge on any atom is 0.243 e. The van der Waals surface area contributed by atoms with E-state index in [1.807, 2.05) is 0 Å². The number of hydrogen-bond acceptors (Lipinski definition) is 2. The lowest BCUT2D eigenvalue weighted by atomic mass is 10.0. The van der Waals surface area contributed by atoms with Crippen molar-refractivity contribution in [2.75, 3.05) is 6.54 Å². The third-order valence-corrected chi connectivity index (χ3v) is 3.27. The maximum atomic E-state index is 13.7. The fourth-order valence-electron chi connectivity index (χ4n) is 2.26. The normalized spacial score (nSPS) is 21.7. The number of piperazine rings is 1. The molecule has 1 aliphatic heterocycles. The fourth-order valence-corrected chi connectivity index (χ4v) is 2.26. The predicted molar refractivity (Wildman–Crippen MR) is 64.1 cm³/mol. The Morgan fingerprint density at radius 1 is 1.39 bits per heavy atom. The molecule has 2 amide bonds. The van der Waals surface area contributed by atoms with Crippen molar-refractivity contribution in [3.8, 4) is 0 Å². The molecule has 2 unspecified atom stereocenters. The molecular formula is C13H15FN2O2. The average molecular weight is 250 g/mol. The lowest BCUT2D eigenvalue weighted by Crippen LogP contribution is -2.57. The molecule has 1 aromatic carbocycles. The maximum absolute atomic E-state index is 13.7. The van der Waals surface area contributed by atoms with Crippen LogP contribution in [0.25, 0.3) is 0 Å². The molecule has 96 valence electrons. The highest BCUT2D eigenvalue weighted by molar-refractivity contribution is 5.94. The van der Waals surface area contributed by atoms with Gasteiger partial charge >= 0.3 is 0 Å². The molecule has 0 aromatic heterocycles. The summed E-state index contributed by atoms with van der Waals surface area (Å²) in [6.45, 7) is 3.34. The van der Waals surface area contributed by atoms with E-state index in [0.29, 0.717) is 5.56 Å². The van der Waals surface area contributed by atoms with Crippen LogP contribution in [0.15, 0.2) is 24.3 Å². The van der Waals surface area contributed by atoms with E-state index in [4.69, 9.17) is 0 Å². The molecule has 1 fully saturated rings. The lowest BCUT2D eigenvalue weighted by molar-refractivity contribution is -0.147. The average Bonchev–Trinajstić information content (AvgIpc) is 2.35. The molecule has 0 bridgehead atoms. The van der Waals surface area contributed by atoms with Crippen molar-refractivity contribution in [2.24, 2.45) is 0 Å². The van der Waals surface area contributed by atoms with Crippen molar-refractivity contribution in [2.45, 2.75) is 25.9 Å². The minimum atomic E-state index is -0.583. The Hall–Kier alpha value is -1.91. The van der Waals surface area contributed by atoms with Gasteiger partial charge in [0.15, 0.2) is 0 Å². The van der Waals surface area contributed by atoms with Gasteiger partial charge in [0.1, 0.15) is 11.9 Å². The Balaban J connectivity index is 2.32. The number of rotatable bonds is 2. The van der Waals surface area contributed by atoms with Crippen molar-refractivity contribution in [3.63, 3.8) is 0 Å². The molecule has 0 saturated carbocycles. The molecule has 2 atom stereocenters. The van der Waals surface area contributed by atoms with Crippen LogP contribution < -0.4 is 5.32 Å². The zero-order valence-corrected chi connectivity index (χ0v) is 10.3. The van der Waals surface area contributed by atoms with Gasteiger partial charge in [0.2, 0.25) is 11.8 Å². The Kier molecular flexibility index (Phi) is 3.32. The summed E-state index contributed by atoms with van der Waals surface area (Å²) in [5, 5.41) is 2.51. The molecule has 5 heteroatoms. The first-order valence-corrected chi connectivity index (χ1v) is 5.85. The molecule has 1 aromatic rings. The van der Waals surface area contributed by atoms with Crippen LogP contribution in [0.5, 0.6) is 0 Å². The summed E-state index contributed by atoms with van der Waals surface area (Å²) in [5.74, 6) is -0.772. The van der Waals surface area contributed by atoms with Gasteiger partial charge in [0.25, 0.3) is 0 Å². The van der Waals surface area contributed by atoms with E-state index in [9.17, 15) is 14.0 Å². The number of nitrogens with one attached hydrogen (secondary N) is 1. The van der Waals surface area contributed by atoms with Gasteiger partial charge in [-0.15, -0.1) is 0 Å². The van der Waals surface area contributed by atoms with Crippen LogP contribution in [0.2, 0.25) is 0 Å². The van der Waals surface area contributed by atoms with E-state index in [1.54, 1.807) is 32.0 Å². The number of hydrogen-bond donors (Lipinski definition) is 1. The smallest absolute Gasteiger partial charge is 0.243 e. The summed E-state index contributed by atoms with van der Waals surface area (Å²) < 4.78 is 13.7. The number of amides is 2. The topological polar surface area (TPSA) is 49.4 Å². The molecule has 1 saturated heterocycles. The standard InChI is InChI=1S/C13H15FN2O2/c1-8(10-5-3-4-6-11(10)14)16-9(2)13(18)15-7-12(16)17/h3-6,8-9H,7H2,1-2H3,(H,15,18). The van der Waals surface area contributed by atoms with Gasteiger partial charge in [-0.3, -0.25) is 9.59 Å². The Morgan fingerprint density at radius 3 is 2.72 bits per heavy atom. The second-order valence-electron chi connectivity index (χ2n) is 4.39. The molecule has 4 nitrogen and oxygen atoms in total. The van der Waals surface area contributed by atoms with Crippen LogP contribution in [-0.4, -0.2) is 29.3 Å². The quantitative estimate of drug-likeness (QED) is 0.858. The number of nitrogens with zero attached hydrogens (tertiary/aromatic N) is 1. The number of benzene rings is 1. The van der Waals surface area contributed by atoms with Gasteiger partial charge in [-0.1, -0.05) is 18.2 Å². The van der Waals surface area contributed by atoms with Crippen molar-refractivity contribution < 1.29 is 14.0 Å². The van der Waals surface area contributed by atoms with Crippen LogP contribution in [0.1, 0.15) is 25.5 Å². The largest absolute Gasteiger partial charge is 0.345 e. The van der Waals surface area contributed by atoms with E-state index in [0.717, 1.165) is 0 Å². The molecule has 0 radical (unpaired) electrons. The van der Waals surface area contributed by atoms with Crippen molar-refractivity contribution in [1.82, 2.24) is 10.2 Å². The third-order valence-electron chi connectivity index (χ3n) is 3.27. The van der Waals surface area contributed by atoms with Crippen molar-refractivity contribution >= 4 is 11.8 Å². The van der Waals surface area contributed by atoms with Gasteiger partial charge < -0.3 is 10.2 Å². The van der Waals surface area contributed by atoms with E-state index < -0.39 is 12.1 Å². The van der Waals surface area contributed by atoms with E-state index in [1.165, 1.54) is 11.0 Å². The van der Waals surface area contributed by atoms with E-state index in [2.05, 4.69) is 5.32 Å². The zero-order valence-electron chi connectivity index (χ0n) is 10.3. The lowest BCUT2D eigenvalue weighted by Gasteiger charge is -2.37. The predicted octanol–water partition coefficient (Wildman–Crippen LogP) is 1.23. The monoisotopic (exact) mass is 250 g/mol. The first kappa shape index (κ1) is 12.5. The highest BCUT2D eigenvalue weighted by Crippen LogP contribution is 2.26. The summed E-state index contributed by atoms with van der Waals surface area (Å²) in [5.41, 5.74) is 0.424. The molecule has 18 heavy (non-hydrogen) atoms. The van der Waals surface area contributed by atoms with Crippen LogP contribution >= 0.6 is 0 Å². The fraction of sp³-hybridized carbons (Fsp3) is 0.385. The highest BCUT2D eigenvalue weighted by atomic mass is 19.1. The molecule has 2 rings (SSSR count). The Morgan fingerprint density at radius 2 is 2.06 bits per heavy atom. The minimum absolute atomic E-state index is 0.0258. The summed E-state index contributed by atoms with van der Waals surface area (Å²) in [6, 6.07) is 5.26. The summed E-state index contributed by atoms with van der Waals surface area (Å²) in [4.78, 5) is 24.9. The number of halogens is 1. The van der Waals surface area contributed by atoms with Gasteiger partial charge in [-0.05, 0) is 19.9 Å². The third kappa shape index (κ3) is 2.08. The van der Waals surface area contributed by atoms with Crippen LogP contribution in [-0.2, 0) is 9.59 Å². The molecule has 0 aliphatic carbocycles. The van der Waals surface area contributed by atoms with Crippen molar-refractivity contribution in [1.29, 1.82) is 0 Å². The minimum Gasteiger partial charge on any atom is -0.345 e. The highest BCUT2D eigenvalue weighted by Gasteiger charge is 2.35. The van der Waals surface area contributed by atoms with Gasteiger partial charge in [-0.25, -0.2) is 4.39 Å². The number of carbonyl (C=O) groups excluding carboxylic acids is 2. The molecule has 1 aliphatic rings. The first-order chi connectivity index (χ1) is 8.52. The van der Waals surface area contributed by atoms with Crippen LogP contribution in [0.3, 0.4) is 0 Å². The number of carbonyl (C=O) groups is 2. The van der Waals surface area contributed by atoms with E-state index >= 15 is 0 Å². The van der Waals surface area contributed by atoms with Gasteiger partial charge in [0.05, 0.1) is 12.6 Å². The van der Waals surface area contributed by atoms with Crippen LogP contribution in [0, 0.1) is 5.82 Å². The Labute approximate surface area is 105 Å². The molecular weight excluding hydrogens is 235 g/mol. The van der Waals surface area contributed by atoms with E-state index in [-0.39, 0.29) is 24.2 Å². The SMILES string of the molecule is CC1C(=O)NCC(=O)N1C(C)c1ccccc1F. The zero-order chi connectivity index (χ0) is 13.3. The molecule has 1 heterocycles. The van der Waals surface area contributed by atoms with Crippen LogP contribution in [0.4, 0.5) is 4.39 Å². The second-order valence-corrected chi connectivity index (χ2v) is 4.39. The molecule has 0 spiro atoms. The summed E-state index contributed by atoms with van der Waals surface area (Å²) in [7, 11) is 0.